The molecular weight excluding hydrogens is 395 g/mol. The van der Waals surface area contributed by atoms with Crippen LogP contribution < -0.4 is 5.56 Å². The van der Waals surface area contributed by atoms with Gasteiger partial charge in [0.25, 0.3) is 5.56 Å². The summed E-state index contributed by atoms with van der Waals surface area (Å²) in [5, 5.41) is 0. The molecule has 0 saturated carbocycles. The van der Waals surface area contributed by atoms with Crippen LogP contribution in [0.25, 0.3) is 0 Å². The van der Waals surface area contributed by atoms with Crippen LogP contribution in [0.5, 0.6) is 0 Å². The summed E-state index contributed by atoms with van der Waals surface area (Å²) >= 11 is 0. The van der Waals surface area contributed by atoms with E-state index >= 15 is 0 Å². The molecule has 162 valence electrons. The van der Waals surface area contributed by atoms with Crippen LogP contribution >= 0.6 is 0 Å². The summed E-state index contributed by atoms with van der Waals surface area (Å²) in [4.78, 5) is 29.2. The summed E-state index contributed by atoms with van der Waals surface area (Å²) in [6.45, 7) is 4.17. The van der Waals surface area contributed by atoms with E-state index in [-0.39, 0.29) is 11.4 Å². The number of aromatic amines is 1. The number of likely N-dealkylation sites (tertiary alicyclic amines) is 1. The van der Waals surface area contributed by atoms with Gasteiger partial charge < -0.3 is 9.55 Å². The van der Waals surface area contributed by atoms with Gasteiger partial charge >= 0.3 is 0 Å². The lowest BCUT2D eigenvalue weighted by Gasteiger charge is -2.43. The predicted molar refractivity (Wildman–Crippen MR) is 115 cm³/mol. The van der Waals surface area contributed by atoms with Gasteiger partial charge in [0, 0.05) is 68.5 Å². The normalized spacial score (nSPS) is 20.7. The third kappa shape index (κ3) is 4.18. The van der Waals surface area contributed by atoms with Crippen LogP contribution in [0.2, 0.25) is 0 Å². The van der Waals surface area contributed by atoms with Crippen LogP contribution in [0.4, 0.5) is 4.39 Å². The minimum absolute atomic E-state index is 0.114. The van der Waals surface area contributed by atoms with E-state index in [4.69, 9.17) is 0 Å². The molecule has 3 aromatic rings. The monoisotopic (exact) mass is 422 g/mol. The van der Waals surface area contributed by atoms with Crippen molar-refractivity contribution in [2.24, 2.45) is 5.92 Å². The van der Waals surface area contributed by atoms with Crippen molar-refractivity contribution in [2.75, 3.05) is 20.1 Å². The van der Waals surface area contributed by atoms with Crippen LogP contribution in [-0.4, -0.2) is 49.5 Å². The molecule has 0 amide bonds. The fraction of sp³-hybridized carbons (Fsp3) is 0.435. The number of hydrogen-bond acceptors (Lipinski definition) is 5. The number of aromatic nitrogens is 4. The van der Waals surface area contributed by atoms with E-state index in [0.29, 0.717) is 37.2 Å². The number of nitrogens with one attached hydrogen (secondary N) is 1. The van der Waals surface area contributed by atoms with Crippen LogP contribution in [0.1, 0.15) is 35.1 Å². The summed E-state index contributed by atoms with van der Waals surface area (Å²) in [7, 11) is 2.00. The van der Waals surface area contributed by atoms with E-state index in [0.717, 1.165) is 43.1 Å². The lowest BCUT2D eigenvalue weighted by molar-refractivity contribution is 0.112. The highest BCUT2D eigenvalue weighted by Crippen LogP contribution is 2.35. The van der Waals surface area contributed by atoms with Crippen molar-refractivity contribution in [3.05, 3.63) is 81.8 Å². The molecule has 1 saturated heterocycles. The number of imidazole rings is 1. The van der Waals surface area contributed by atoms with Gasteiger partial charge in [-0.1, -0.05) is 6.07 Å². The van der Waals surface area contributed by atoms with Crippen LogP contribution in [0.15, 0.2) is 47.7 Å². The predicted octanol–water partition coefficient (Wildman–Crippen LogP) is 2.36. The number of H-pyrrole nitrogens is 1. The molecule has 5 rings (SSSR count). The first-order valence-electron chi connectivity index (χ1n) is 10.8. The van der Waals surface area contributed by atoms with E-state index in [1.807, 2.05) is 17.7 Å². The second kappa shape index (κ2) is 8.36. The quantitative estimate of drug-likeness (QED) is 0.661. The number of rotatable bonds is 6. The van der Waals surface area contributed by atoms with E-state index in [9.17, 15) is 9.18 Å². The Bertz CT molecular complexity index is 1110. The molecule has 0 aromatic carbocycles. The fourth-order valence-electron chi connectivity index (χ4n) is 5.07. The molecule has 2 bridgehead atoms. The first-order valence-corrected chi connectivity index (χ1v) is 10.8. The lowest BCUT2D eigenvalue weighted by Crippen LogP contribution is -2.47. The average molecular weight is 423 g/mol. The van der Waals surface area contributed by atoms with Crippen molar-refractivity contribution < 1.29 is 4.39 Å². The molecule has 1 N–H and O–H groups in total. The van der Waals surface area contributed by atoms with Gasteiger partial charge in [0.05, 0.1) is 12.2 Å². The first kappa shape index (κ1) is 20.1. The fourth-order valence-corrected chi connectivity index (χ4v) is 5.07. The van der Waals surface area contributed by atoms with E-state index in [1.165, 1.54) is 6.07 Å². The number of fused-ring (bicyclic) bond motifs is 4. The Labute approximate surface area is 180 Å². The lowest BCUT2D eigenvalue weighted by atomic mass is 9.83. The summed E-state index contributed by atoms with van der Waals surface area (Å²) in [5.74, 6) is 1.33. The average Bonchev–Trinajstić information content (AvgIpc) is 3.25. The molecule has 2 atom stereocenters. The molecule has 1 fully saturated rings. The maximum absolute atomic E-state index is 14.0. The minimum Gasteiger partial charge on any atom is -0.348 e. The molecule has 2 aliphatic rings. The molecular formula is C23H27FN6O. The van der Waals surface area contributed by atoms with Crippen molar-refractivity contribution in [2.45, 2.75) is 38.5 Å². The molecule has 0 spiro atoms. The molecule has 0 unspecified atom stereocenters. The van der Waals surface area contributed by atoms with Gasteiger partial charge in [-0.05, 0) is 37.6 Å². The zero-order chi connectivity index (χ0) is 21.4. The Balaban J connectivity index is 1.32. The van der Waals surface area contributed by atoms with Crippen molar-refractivity contribution in [1.29, 1.82) is 0 Å². The third-order valence-electron chi connectivity index (χ3n) is 6.38. The Morgan fingerprint density at radius 3 is 2.87 bits per heavy atom. The highest BCUT2D eigenvalue weighted by molar-refractivity contribution is 5.22. The molecule has 3 aromatic heterocycles. The number of nitrogens with zero attached hydrogens (tertiary/aromatic N) is 5. The maximum atomic E-state index is 14.0. The largest absolute Gasteiger partial charge is 0.348 e. The van der Waals surface area contributed by atoms with Gasteiger partial charge in [0.1, 0.15) is 11.6 Å². The molecule has 7 nitrogen and oxygen atoms in total. The number of piperidine rings is 1. The SMILES string of the molecule is CN(Cc1ncc[nH]1)Cc1ccc2n(c1=O)C[C@H]1C[C@@H]2CN(Cc2ncccc2F)C1. The van der Waals surface area contributed by atoms with Crippen molar-refractivity contribution in [3.8, 4) is 0 Å². The number of pyridine rings is 2. The van der Waals surface area contributed by atoms with Gasteiger partial charge in [-0.2, -0.15) is 0 Å². The van der Waals surface area contributed by atoms with Crippen molar-refractivity contribution >= 4 is 0 Å². The summed E-state index contributed by atoms with van der Waals surface area (Å²) in [6, 6.07) is 7.18. The smallest absolute Gasteiger partial charge is 0.255 e. The second-order valence-corrected chi connectivity index (χ2v) is 8.83. The number of halogens is 1. The van der Waals surface area contributed by atoms with Crippen LogP contribution in [0.3, 0.4) is 0 Å². The summed E-state index contributed by atoms with van der Waals surface area (Å²) in [5.41, 5.74) is 2.52. The molecule has 5 heterocycles. The van der Waals surface area contributed by atoms with E-state index in [2.05, 4.69) is 30.8 Å². The highest BCUT2D eigenvalue weighted by atomic mass is 19.1. The van der Waals surface area contributed by atoms with Crippen LogP contribution in [-0.2, 0) is 26.2 Å². The zero-order valence-electron chi connectivity index (χ0n) is 17.7. The number of hydrogen-bond donors (Lipinski definition) is 1. The standard InChI is InChI=1S/C23H27FN6O/c1-28(15-22-26-7-8-27-22)12-17-4-5-21-18-9-16(11-30(21)23(17)31)10-29(13-18)14-20-19(24)3-2-6-25-20/h2-8,16,18H,9-15H2,1H3,(H,26,27)/t16-,18+/m0/s1. The molecule has 8 heteroatoms. The van der Waals surface area contributed by atoms with E-state index in [1.54, 1.807) is 24.7 Å². The minimum atomic E-state index is -0.252. The molecule has 0 radical (unpaired) electrons. The van der Waals surface area contributed by atoms with Gasteiger partial charge in [-0.3, -0.25) is 19.6 Å². The van der Waals surface area contributed by atoms with Crippen molar-refractivity contribution in [1.82, 2.24) is 29.3 Å². The van der Waals surface area contributed by atoms with Crippen LogP contribution in [0, 0.1) is 11.7 Å². The van der Waals surface area contributed by atoms with Crippen molar-refractivity contribution in [3.63, 3.8) is 0 Å². The Morgan fingerprint density at radius 2 is 2.06 bits per heavy atom. The van der Waals surface area contributed by atoms with Gasteiger partial charge in [0.15, 0.2) is 0 Å². The molecule has 31 heavy (non-hydrogen) atoms. The topological polar surface area (TPSA) is 70.1 Å². The molecule has 2 aliphatic heterocycles. The Morgan fingerprint density at radius 1 is 1.16 bits per heavy atom. The van der Waals surface area contributed by atoms with Gasteiger partial charge in [0.2, 0.25) is 0 Å². The molecule has 0 aliphatic carbocycles. The summed E-state index contributed by atoms with van der Waals surface area (Å²) < 4.78 is 16.0. The van der Waals surface area contributed by atoms with Gasteiger partial charge in [-0.25, -0.2) is 9.37 Å². The highest BCUT2D eigenvalue weighted by Gasteiger charge is 2.35. The Kier molecular flexibility index (Phi) is 5.41. The maximum Gasteiger partial charge on any atom is 0.255 e. The zero-order valence-corrected chi connectivity index (χ0v) is 17.7. The van der Waals surface area contributed by atoms with E-state index < -0.39 is 0 Å². The summed E-state index contributed by atoms with van der Waals surface area (Å²) in [6.07, 6.45) is 6.27. The van der Waals surface area contributed by atoms with Gasteiger partial charge in [-0.15, -0.1) is 0 Å². The second-order valence-electron chi connectivity index (χ2n) is 8.83. The third-order valence-corrected chi connectivity index (χ3v) is 6.38. The first-order chi connectivity index (χ1) is 15.1. The Hall–Kier alpha value is -2.84.